The number of hydrogen-bond acceptors (Lipinski definition) is 4. The molecule has 0 radical (unpaired) electrons. The zero-order valence-corrected chi connectivity index (χ0v) is 13.5. The van der Waals surface area contributed by atoms with E-state index in [0.717, 1.165) is 35.0 Å². The molecule has 0 aliphatic heterocycles. The van der Waals surface area contributed by atoms with E-state index in [1.54, 1.807) is 21.3 Å². The summed E-state index contributed by atoms with van der Waals surface area (Å²) in [6.45, 7) is 2.03. The van der Waals surface area contributed by atoms with Crippen LogP contribution in [-0.2, 0) is 6.42 Å². The van der Waals surface area contributed by atoms with Gasteiger partial charge in [0, 0.05) is 6.42 Å². The Morgan fingerprint density at radius 1 is 0.773 bits per heavy atom. The van der Waals surface area contributed by atoms with Crippen LogP contribution in [0.1, 0.15) is 12.5 Å². The molecule has 0 amide bonds. The van der Waals surface area contributed by atoms with Crippen LogP contribution in [0, 0.1) is 0 Å². The molecule has 1 atom stereocenters. The van der Waals surface area contributed by atoms with E-state index in [1.807, 2.05) is 49.4 Å². The van der Waals surface area contributed by atoms with Crippen LogP contribution < -0.4 is 18.9 Å². The van der Waals surface area contributed by atoms with Gasteiger partial charge in [-0.05, 0) is 36.8 Å². The Bertz CT molecular complexity index is 610. The summed E-state index contributed by atoms with van der Waals surface area (Å²) < 4.78 is 21.9. The summed E-state index contributed by atoms with van der Waals surface area (Å²) in [6.07, 6.45) is 0.771. The average molecular weight is 302 g/mol. The van der Waals surface area contributed by atoms with Crippen molar-refractivity contribution in [2.45, 2.75) is 19.4 Å². The molecule has 0 spiro atoms. The largest absolute Gasteiger partial charge is 0.493 e. The predicted octanol–water partition coefficient (Wildman–Crippen LogP) is 3.72. The minimum Gasteiger partial charge on any atom is -0.493 e. The molecule has 118 valence electrons. The lowest BCUT2D eigenvalue weighted by Crippen LogP contribution is -2.15. The molecule has 0 heterocycles. The molecule has 2 rings (SSSR count). The quantitative estimate of drug-likeness (QED) is 0.781. The molecule has 2 aromatic carbocycles. The fraction of sp³-hybridized carbons (Fsp3) is 0.333. The van der Waals surface area contributed by atoms with Crippen LogP contribution in [-0.4, -0.2) is 27.4 Å². The standard InChI is InChI=1S/C18H22O4/c1-13(22-17-8-6-5-7-15(17)19-2)11-14-9-10-16(20-3)18(12-14)21-4/h5-10,12-13H,11H2,1-4H3. The van der Waals surface area contributed by atoms with Crippen molar-refractivity contribution in [1.82, 2.24) is 0 Å². The number of rotatable bonds is 7. The summed E-state index contributed by atoms with van der Waals surface area (Å²) in [5.41, 5.74) is 1.13. The lowest BCUT2D eigenvalue weighted by molar-refractivity contribution is 0.212. The highest BCUT2D eigenvalue weighted by molar-refractivity contribution is 5.43. The molecule has 0 saturated heterocycles. The number of hydrogen-bond donors (Lipinski definition) is 0. The Morgan fingerprint density at radius 2 is 1.36 bits per heavy atom. The van der Waals surface area contributed by atoms with E-state index in [1.165, 1.54) is 0 Å². The van der Waals surface area contributed by atoms with Gasteiger partial charge >= 0.3 is 0 Å². The van der Waals surface area contributed by atoms with Gasteiger partial charge in [-0.2, -0.15) is 0 Å². The van der Waals surface area contributed by atoms with Crippen LogP contribution in [0.15, 0.2) is 42.5 Å². The van der Waals surface area contributed by atoms with E-state index in [-0.39, 0.29) is 6.10 Å². The molecule has 1 unspecified atom stereocenters. The first kappa shape index (κ1) is 16.0. The molecule has 2 aromatic rings. The van der Waals surface area contributed by atoms with Crippen LogP contribution in [0.25, 0.3) is 0 Å². The minimum atomic E-state index is 0.00870. The second-order valence-electron chi connectivity index (χ2n) is 4.97. The lowest BCUT2D eigenvalue weighted by atomic mass is 10.1. The average Bonchev–Trinajstić information content (AvgIpc) is 2.55. The van der Waals surface area contributed by atoms with Crippen LogP contribution in [0.2, 0.25) is 0 Å². The molecule has 4 nitrogen and oxygen atoms in total. The Balaban J connectivity index is 2.07. The molecule has 0 aliphatic carbocycles. The van der Waals surface area contributed by atoms with Crippen molar-refractivity contribution in [1.29, 1.82) is 0 Å². The third-order valence-electron chi connectivity index (χ3n) is 3.37. The molecular formula is C18H22O4. The van der Waals surface area contributed by atoms with Gasteiger partial charge in [-0.3, -0.25) is 0 Å². The van der Waals surface area contributed by atoms with Gasteiger partial charge in [0.25, 0.3) is 0 Å². The maximum absolute atomic E-state index is 5.97. The smallest absolute Gasteiger partial charge is 0.161 e. The van der Waals surface area contributed by atoms with Crippen LogP contribution in [0.5, 0.6) is 23.0 Å². The fourth-order valence-corrected chi connectivity index (χ4v) is 2.31. The van der Waals surface area contributed by atoms with Crippen molar-refractivity contribution < 1.29 is 18.9 Å². The molecule has 0 bridgehead atoms. The van der Waals surface area contributed by atoms with E-state index in [0.29, 0.717) is 0 Å². The molecule has 0 saturated carbocycles. The summed E-state index contributed by atoms with van der Waals surface area (Å²) in [5, 5.41) is 0. The first-order valence-corrected chi connectivity index (χ1v) is 7.18. The Labute approximate surface area is 131 Å². The normalized spacial score (nSPS) is 11.6. The number of benzene rings is 2. The second kappa shape index (κ2) is 7.59. The molecule has 0 fully saturated rings. The molecule has 0 aromatic heterocycles. The van der Waals surface area contributed by atoms with E-state index in [9.17, 15) is 0 Å². The summed E-state index contributed by atoms with van der Waals surface area (Å²) >= 11 is 0. The van der Waals surface area contributed by atoms with Crippen LogP contribution in [0.3, 0.4) is 0 Å². The van der Waals surface area contributed by atoms with Crippen LogP contribution in [0.4, 0.5) is 0 Å². The zero-order chi connectivity index (χ0) is 15.9. The van der Waals surface area contributed by atoms with Gasteiger partial charge < -0.3 is 18.9 Å². The highest BCUT2D eigenvalue weighted by Crippen LogP contribution is 2.30. The third-order valence-corrected chi connectivity index (χ3v) is 3.37. The summed E-state index contributed by atoms with van der Waals surface area (Å²) in [6, 6.07) is 13.5. The summed E-state index contributed by atoms with van der Waals surface area (Å²) in [5.74, 6) is 2.94. The first-order chi connectivity index (χ1) is 10.7. The highest BCUT2D eigenvalue weighted by atomic mass is 16.5. The van der Waals surface area contributed by atoms with E-state index < -0.39 is 0 Å². The van der Waals surface area contributed by atoms with Gasteiger partial charge in [0.05, 0.1) is 21.3 Å². The highest BCUT2D eigenvalue weighted by Gasteiger charge is 2.11. The minimum absolute atomic E-state index is 0.00870. The predicted molar refractivity (Wildman–Crippen MR) is 86.3 cm³/mol. The van der Waals surface area contributed by atoms with Gasteiger partial charge in [-0.15, -0.1) is 0 Å². The lowest BCUT2D eigenvalue weighted by Gasteiger charge is -2.17. The third kappa shape index (κ3) is 3.85. The van der Waals surface area contributed by atoms with Gasteiger partial charge in [-0.1, -0.05) is 18.2 Å². The SMILES string of the molecule is COc1ccc(CC(C)Oc2ccccc2OC)cc1OC. The van der Waals surface area contributed by atoms with Crippen molar-refractivity contribution >= 4 is 0 Å². The molecular weight excluding hydrogens is 280 g/mol. The Morgan fingerprint density at radius 3 is 2.00 bits per heavy atom. The monoisotopic (exact) mass is 302 g/mol. The van der Waals surface area contributed by atoms with Crippen molar-refractivity contribution in [3.8, 4) is 23.0 Å². The first-order valence-electron chi connectivity index (χ1n) is 7.18. The number of ether oxygens (including phenoxy) is 4. The topological polar surface area (TPSA) is 36.9 Å². The van der Waals surface area contributed by atoms with Crippen molar-refractivity contribution in [2.75, 3.05) is 21.3 Å². The Hall–Kier alpha value is -2.36. The fourth-order valence-electron chi connectivity index (χ4n) is 2.31. The van der Waals surface area contributed by atoms with Crippen molar-refractivity contribution in [3.05, 3.63) is 48.0 Å². The van der Waals surface area contributed by atoms with Gasteiger partial charge in [0.1, 0.15) is 6.10 Å². The van der Waals surface area contributed by atoms with Gasteiger partial charge in [-0.25, -0.2) is 0 Å². The number of methoxy groups -OCH3 is 3. The molecule has 0 N–H and O–H groups in total. The van der Waals surface area contributed by atoms with Crippen molar-refractivity contribution in [3.63, 3.8) is 0 Å². The maximum Gasteiger partial charge on any atom is 0.161 e. The van der Waals surface area contributed by atoms with E-state index >= 15 is 0 Å². The van der Waals surface area contributed by atoms with E-state index in [2.05, 4.69) is 0 Å². The second-order valence-corrected chi connectivity index (χ2v) is 4.97. The summed E-state index contributed by atoms with van der Waals surface area (Å²) in [7, 11) is 4.91. The van der Waals surface area contributed by atoms with E-state index in [4.69, 9.17) is 18.9 Å². The van der Waals surface area contributed by atoms with Gasteiger partial charge in [0.15, 0.2) is 23.0 Å². The van der Waals surface area contributed by atoms with Crippen LogP contribution >= 0.6 is 0 Å². The zero-order valence-electron chi connectivity index (χ0n) is 13.5. The molecule has 22 heavy (non-hydrogen) atoms. The number of para-hydroxylation sites is 2. The maximum atomic E-state index is 5.97. The summed E-state index contributed by atoms with van der Waals surface area (Å²) in [4.78, 5) is 0. The molecule has 4 heteroatoms. The molecule has 0 aliphatic rings. The van der Waals surface area contributed by atoms with Crippen molar-refractivity contribution in [2.24, 2.45) is 0 Å². The van der Waals surface area contributed by atoms with Gasteiger partial charge in [0.2, 0.25) is 0 Å². The Kier molecular flexibility index (Phi) is 5.53.